The maximum atomic E-state index is 11.8. The number of phenolic OH excluding ortho intramolecular Hbond substituents is 1. The van der Waals surface area contributed by atoms with Crippen molar-refractivity contribution in [2.75, 3.05) is 17.5 Å². The second-order valence-electron chi connectivity index (χ2n) is 11.2. The molecular formula is C27H42N2O5SSi. The van der Waals surface area contributed by atoms with E-state index < -0.39 is 18.3 Å². The summed E-state index contributed by atoms with van der Waals surface area (Å²) in [5, 5.41) is 13.8. The highest BCUT2D eigenvalue weighted by Crippen LogP contribution is 2.40. The smallest absolute Gasteiger partial charge is 0.229 e. The third kappa shape index (κ3) is 9.35. The molecule has 9 heteroatoms. The molecule has 0 saturated carbocycles. The molecule has 2 atom stereocenters. The fourth-order valence-electron chi connectivity index (χ4n) is 3.68. The van der Waals surface area contributed by atoms with E-state index in [1.165, 1.54) is 6.07 Å². The summed E-state index contributed by atoms with van der Waals surface area (Å²) in [6, 6.07) is 13.1. The molecule has 0 radical (unpaired) electrons. The number of aromatic hydroxyl groups is 1. The number of hydrogen-bond acceptors (Lipinski definition) is 6. The number of nitrogens with one attached hydrogen (secondary N) is 2. The van der Waals surface area contributed by atoms with Gasteiger partial charge >= 0.3 is 0 Å². The van der Waals surface area contributed by atoms with Gasteiger partial charge in [0.1, 0.15) is 11.5 Å². The lowest BCUT2D eigenvalue weighted by molar-refractivity contribution is -0.116. The van der Waals surface area contributed by atoms with Crippen molar-refractivity contribution in [3.8, 4) is 5.75 Å². The van der Waals surface area contributed by atoms with Crippen LogP contribution in [-0.4, -0.2) is 46.5 Å². The highest BCUT2D eigenvalue weighted by Gasteiger charge is 2.39. The molecular weight excluding hydrogens is 492 g/mol. The van der Waals surface area contributed by atoms with E-state index in [0.717, 1.165) is 29.4 Å². The Labute approximate surface area is 217 Å². The van der Waals surface area contributed by atoms with Gasteiger partial charge in [0, 0.05) is 19.0 Å². The lowest BCUT2D eigenvalue weighted by atomic mass is 10.0. The molecule has 3 N–H and O–H groups in total. The van der Waals surface area contributed by atoms with Crippen LogP contribution in [0.3, 0.4) is 0 Å². The third-order valence-electron chi connectivity index (χ3n) is 6.57. The number of Topliss-reactive ketones (excluding diaryl/α,β-unsaturated/α-hetero) is 1. The summed E-state index contributed by atoms with van der Waals surface area (Å²) in [7, 11) is -5.72. The van der Waals surface area contributed by atoms with Gasteiger partial charge in [0.05, 0.1) is 18.0 Å². The van der Waals surface area contributed by atoms with Crippen molar-refractivity contribution >= 4 is 29.8 Å². The van der Waals surface area contributed by atoms with Crippen molar-refractivity contribution in [1.82, 2.24) is 5.32 Å². The van der Waals surface area contributed by atoms with E-state index in [1.807, 2.05) is 12.1 Å². The van der Waals surface area contributed by atoms with Gasteiger partial charge in [-0.1, -0.05) is 51.1 Å². The van der Waals surface area contributed by atoms with Crippen LogP contribution >= 0.6 is 0 Å². The van der Waals surface area contributed by atoms with E-state index in [9.17, 15) is 18.3 Å². The molecule has 200 valence electrons. The molecule has 0 unspecified atom stereocenters. The number of carbonyl (C=O) groups is 1. The van der Waals surface area contributed by atoms with Gasteiger partial charge in [-0.15, -0.1) is 0 Å². The molecule has 0 aliphatic carbocycles. The second-order valence-corrected chi connectivity index (χ2v) is 17.7. The fourth-order valence-corrected chi connectivity index (χ4v) is 5.53. The molecule has 0 aliphatic heterocycles. The lowest BCUT2D eigenvalue weighted by Crippen LogP contribution is -2.44. The van der Waals surface area contributed by atoms with Crippen molar-refractivity contribution in [3.63, 3.8) is 0 Å². The SMILES string of the molecule is CC(=O)Cc1cccc(C[C@@H](C)NC[C@@H](O[Si](C)(C)C(C)(C)C)c2ccc(O)c(NS(C)(=O)=O)c2)c1. The Morgan fingerprint density at radius 2 is 1.75 bits per heavy atom. The van der Waals surface area contributed by atoms with E-state index in [1.54, 1.807) is 19.1 Å². The van der Waals surface area contributed by atoms with Crippen LogP contribution in [0, 0.1) is 0 Å². The Balaban J connectivity index is 2.25. The minimum absolute atomic E-state index is 0.0151. The molecule has 0 aromatic heterocycles. The monoisotopic (exact) mass is 534 g/mol. The Kier molecular flexibility index (Phi) is 9.92. The first-order valence-electron chi connectivity index (χ1n) is 12.3. The zero-order valence-electron chi connectivity index (χ0n) is 22.8. The van der Waals surface area contributed by atoms with Crippen LogP contribution in [0.1, 0.15) is 57.4 Å². The number of sulfonamides is 1. The third-order valence-corrected chi connectivity index (χ3v) is 11.6. The molecule has 2 aromatic rings. The minimum Gasteiger partial charge on any atom is -0.506 e. The van der Waals surface area contributed by atoms with Crippen LogP contribution in [0.5, 0.6) is 5.75 Å². The predicted molar refractivity (Wildman–Crippen MR) is 150 cm³/mol. The maximum absolute atomic E-state index is 11.8. The van der Waals surface area contributed by atoms with E-state index in [4.69, 9.17) is 4.43 Å². The second kappa shape index (κ2) is 11.9. The Morgan fingerprint density at radius 3 is 2.33 bits per heavy atom. The molecule has 36 heavy (non-hydrogen) atoms. The fraction of sp³-hybridized carbons (Fsp3) is 0.519. The molecule has 0 aliphatic rings. The molecule has 0 saturated heterocycles. The number of carbonyl (C=O) groups excluding carboxylic acids is 1. The highest BCUT2D eigenvalue weighted by atomic mass is 32.2. The first kappa shape index (κ1) is 30.0. The van der Waals surface area contributed by atoms with E-state index in [-0.39, 0.29) is 34.4 Å². The summed E-state index contributed by atoms with van der Waals surface area (Å²) in [6.07, 6.45) is 1.94. The molecule has 0 bridgehead atoms. The summed E-state index contributed by atoms with van der Waals surface area (Å²) >= 11 is 0. The highest BCUT2D eigenvalue weighted by molar-refractivity contribution is 7.92. The van der Waals surface area contributed by atoms with Crippen LogP contribution in [0.15, 0.2) is 42.5 Å². The lowest BCUT2D eigenvalue weighted by Gasteiger charge is -2.40. The first-order valence-corrected chi connectivity index (χ1v) is 17.1. The molecule has 0 heterocycles. The van der Waals surface area contributed by atoms with Crippen LogP contribution in [-0.2, 0) is 32.1 Å². The Bertz CT molecular complexity index is 1160. The average Bonchev–Trinajstić information content (AvgIpc) is 2.70. The van der Waals surface area contributed by atoms with Gasteiger partial charge in [0.15, 0.2) is 8.32 Å². The van der Waals surface area contributed by atoms with Gasteiger partial charge in [-0.05, 0) is 67.2 Å². The van der Waals surface area contributed by atoms with Gasteiger partial charge < -0.3 is 14.8 Å². The van der Waals surface area contributed by atoms with Gasteiger partial charge in [-0.2, -0.15) is 0 Å². The van der Waals surface area contributed by atoms with Crippen molar-refractivity contribution < 1.29 is 22.7 Å². The summed E-state index contributed by atoms with van der Waals surface area (Å²) in [4.78, 5) is 11.5. The largest absolute Gasteiger partial charge is 0.506 e. The molecule has 0 spiro atoms. The summed E-state index contributed by atoms with van der Waals surface area (Å²) in [5.74, 6) is 0.00425. The summed E-state index contributed by atoms with van der Waals surface area (Å²) in [6.45, 7) is 15.1. The van der Waals surface area contributed by atoms with Crippen molar-refractivity contribution in [3.05, 3.63) is 59.2 Å². The van der Waals surface area contributed by atoms with Crippen molar-refractivity contribution in [1.29, 1.82) is 0 Å². The number of hydrogen-bond donors (Lipinski definition) is 3. The quantitative estimate of drug-likeness (QED) is 0.256. The molecule has 0 amide bonds. The summed E-state index contributed by atoms with van der Waals surface area (Å²) < 4.78 is 32.7. The maximum Gasteiger partial charge on any atom is 0.229 e. The Morgan fingerprint density at radius 1 is 1.11 bits per heavy atom. The standard InChI is InChI=1S/C27H42N2O5SSi/c1-19(14-21-10-9-11-22(16-21)15-20(2)30)28-18-26(34-36(7,8)27(3,4)5)23-12-13-25(31)24(17-23)29-35(6,32)33/h9-13,16-17,19,26,28-29,31H,14-15,18H2,1-8H3/t19-,26-/m1/s1. The van der Waals surface area contributed by atoms with E-state index in [0.29, 0.717) is 13.0 Å². The molecule has 2 rings (SSSR count). The van der Waals surface area contributed by atoms with Crippen molar-refractivity contribution in [2.24, 2.45) is 0 Å². The van der Waals surface area contributed by atoms with Gasteiger partial charge in [0.25, 0.3) is 0 Å². The number of rotatable bonds is 12. The number of phenols is 1. The van der Waals surface area contributed by atoms with Crippen LogP contribution < -0.4 is 10.0 Å². The van der Waals surface area contributed by atoms with Crippen LogP contribution in [0.2, 0.25) is 18.1 Å². The van der Waals surface area contributed by atoms with Crippen molar-refractivity contribution in [2.45, 2.75) is 77.7 Å². The van der Waals surface area contributed by atoms with Crippen LogP contribution in [0.25, 0.3) is 0 Å². The first-order chi connectivity index (χ1) is 16.5. The minimum atomic E-state index is -3.55. The number of anilines is 1. The van der Waals surface area contributed by atoms with Gasteiger partial charge in [0.2, 0.25) is 10.0 Å². The average molecular weight is 535 g/mol. The predicted octanol–water partition coefficient (Wildman–Crippen LogP) is 5.18. The molecule has 0 fully saturated rings. The van der Waals surface area contributed by atoms with Crippen LogP contribution in [0.4, 0.5) is 5.69 Å². The Hall–Kier alpha value is -2.20. The summed E-state index contributed by atoms with van der Waals surface area (Å²) in [5.41, 5.74) is 3.09. The number of benzene rings is 2. The zero-order valence-corrected chi connectivity index (χ0v) is 24.6. The molecule has 2 aromatic carbocycles. The normalized spacial score (nSPS) is 14.3. The van der Waals surface area contributed by atoms with E-state index in [2.05, 4.69) is 63.0 Å². The number of ketones is 1. The van der Waals surface area contributed by atoms with Gasteiger partial charge in [-0.3, -0.25) is 9.52 Å². The molecule has 7 nitrogen and oxygen atoms in total. The topological polar surface area (TPSA) is 105 Å². The van der Waals surface area contributed by atoms with E-state index >= 15 is 0 Å². The van der Waals surface area contributed by atoms with Gasteiger partial charge in [-0.25, -0.2) is 8.42 Å². The zero-order chi connectivity index (χ0) is 27.3.